The van der Waals surface area contributed by atoms with E-state index in [2.05, 4.69) is 5.10 Å². The number of ketones is 1. The molecule has 4 heteroatoms. The molecule has 0 aromatic carbocycles. The van der Waals surface area contributed by atoms with E-state index in [0.29, 0.717) is 13.0 Å². The molecule has 0 fully saturated rings. The Morgan fingerprint density at radius 2 is 2.42 bits per heavy atom. The maximum absolute atomic E-state index is 11.0. The molecule has 0 saturated carbocycles. The molecular formula is C8H10N2O2. The van der Waals surface area contributed by atoms with Crippen LogP contribution in [-0.2, 0) is 11.3 Å². The summed E-state index contributed by atoms with van der Waals surface area (Å²) in [6, 6.07) is 3.00. The lowest BCUT2D eigenvalue weighted by molar-refractivity contribution is -0.117. The molecule has 64 valence electrons. The van der Waals surface area contributed by atoms with Gasteiger partial charge in [0.1, 0.15) is 5.78 Å². The Kier molecular flexibility index (Phi) is 2.74. The Morgan fingerprint density at radius 3 is 3.00 bits per heavy atom. The zero-order valence-electron chi connectivity index (χ0n) is 6.86. The molecule has 4 nitrogen and oxygen atoms in total. The topological polar surface area (TPSA) is 52.0 Å². The van der Waals surface area contributed by atoms with E-state index >= 15 is 0 Å². The number of Topliss-reactive ketones (excluding diaryl/α,β-unsaturated/α-hetero) is 1. The van der Waals surface area contributed by atoms with Crippen LogP contribution in [0, 0.1) is 0 Å². The van der Waals surface area contributed by atoms with E-state index < -0.39 is 0 Å². The maximum Gasteiger partial charge on any atom is 0.266 e. The average Bonchev–Trinajstić information content (AvgIpc) is 2.03. The van der Waals surface area contributed by atoms with E-state index in [4.69, 9.17) is 0 Å². The van der Waals surface area contributed by atoms with Gasteiger partial charge in [-0.1, -0.05) is 0 Å². The molecule has 0 bridgehead atoms. The molecule has 1 aromatic heterocycles. The fourth-order valence-electron chi connectivity index (χ4n) is 0.819. The highest BCUT2D eigenvalue weighted by Crippen LogP contribution is 1.84. The number of hydrogen-bond donors (Lipinski definition) is 0. The number of nitrogens with zero attached hydrogens (tertiary/aromatic N) is 2. The average molecular weight is 166 g/mol. The Balaban J connectivity index is 2.70. The lowest BCUT2D eigenvalue weighted by atomic mass is 10.3. The van der Waals surface area contributed by atoms with Crippen molar-refractivity contribution in [1.82, 2.24) is 9.78 Å². The minimum absolute atomic E-state index is 0.0625. The third-order valence-corrected chi connectivity index (χ3v) is 1.46. The second-order valence-corrected chi connectivity index (χ2v) is 2.54. The molecule has 0 spiro atoms. The van der Waals surface area contributed by atoms with Gasteiger partial charge in [0.2, 0.25) is 0 Å². The van der Waals surface area contributed by atoms with E-state index in [1.807, 2.05) is 0 Å². The lowest BCUT2D eigenvalue weighted by Gasteiger charge is -1.99. The van der Waals surface area contributed by atoms with Crippen molar-refractivity contribution in [3.63, 3.8) is 0 Å². The number of rotatable bonds is 3. The summed E-state index contributed by atoms with van der Waals surface area (Å²) in [4.78, 5) is 21.6. The molecule has 0 aliphatic heterocycles. The van der Waals surface area contributed by atoms with E-state index in [0.717, 1.165) is 0 Å². The Labute approximate surface area is 69.8 Å². The minimum atomic E-state index is -0.168. The largest absolute Gasteiger partial charge is 0.300 e. The van der Waals surface area contributed by atoms with Gasteiger partial charge < -0.3 is 0 Å². The van der Waals surface area contributed by atoms with Crippen LogP contribution in [0.15, 0.2) is 23.1 Å². The Hall–Kier alpha value is -1.45. The molecule has 0 aliphatic carbocycles. The predicted molar refractivity (Wildman–Crippen MR) is 43.8 cm³/mol. The molecule has 12 heavy (non-hydrogen) atoms. The molecule has 0 aliphatic rings. The molecule has 0 N–H and O–H groups in total. The smallest absolute Gasteiger partial charge is 0.266 e. The van der Waals surface area contributed by atoms with Gasteiger partial charge in [-0.25, -0.2) is 4.68 Å². The van der Waals surface area contributed by atoms with Crippen LogP contribution in [0.1, 0.15) is 13.3 Å². The van der Waals surface area contributed by atoms with Crippen LogP contribution < -0.4 is 5.56 Å². The standard InChI is InChI=1S/C8H10N2O2/c1-7(11)4-6-10-8(12)3-2-5-9-10/h2-3,5H,4,6H2,1H3. The molecule has 0 radical (unpaired) electrons. The zero-order chi connectivity index (χ0) is 8.97. The van der Waals surface area contributed by atoms with E-state index in [1.54, 1.807) is 6.07 Å². The van der Waals surface area contributed by atoms with Crippen LogP contribution in [0.25, 0.3) is 0 Å². The zero-order valence-corrected chi connectivity index (χ0v) is 6.86. The second-order valence-electron chi connectivity index (χ2n) is 2.54. The summed E-state index contributed by atoms with van der Waals surface area (Å²) < 4.78 is 1.28. The highest BCUT2D eigenvalue weighted by Gasteiger charge is 1.97. The highest BCUT2D eigenvalue weighted by atomic mass is 16.1. The van der Waals surface area contributed by atoms with Crippen molar-refractivity contribution in [2.45, 2.75) is 19.9 Å². The van der Waals surface area contributed by atoms with Gasteiger partial charge in [0, 0.05) is 18.7 Å². The molecule has 0 atom stereocenters. The first-order valence-corrected chi connectivity index (χ1v) is 3.72. The minimum Gasteiger partial charge on any atom is -0.300 e. The number of aryl methyl sites for hydroxylation is 1. The van der Waals surface area contributed by atoms with Gasteiger partial charge in [0.05, 0.1) is 6.54 Å². The maximum atomic E-state index is 11.0. The molecular weight excluding hydrogens is 156 g/mol. The normalized spacial score (nSPS) is 9.75. The first-order chi connectivity index (χ1) is 5.70. The lowest BCUT2D eigenvalue weighted by Crippen LogP contribution is -2.22. The van der Waals surface area contributed by atoms with Gasteiger partial charge in [0.25, 0.3) is 5.56 Å². The van der Waals surface area contributed by atoms with Crippen LogP contribution in [0.4, 0.5) is 0 Å². The molecule has 1 heterocycles. The Bertz CT molecular complexity index is 330. The van der Waals surface area contributed by atoms with Crippen LogP contribution >= 0.6 is 0 Å². The van der Waals surface area contributed by atoms with E-state index in [1.165, 1.54) is 23.9 Å². The van der Waals surface area contributed by atoms with Crippen molar-refractivity contribution in [1.29, 1.82) is 0 Å². The van der Waals surface area contributed by atoms with Gasteiger partial charge in [-0.3, -0.25) is 9.59 Å². The van der Waals surface area contributed by atoms with Gasteiger partial charge in [0.15, 0.2) is 0 Å². The van der Waals surface area contributed by atoms with E-state index in [-0.39, 0.29) is 11.3 Å². The predicted octanol–water partition coefficient (Wildman–Crippen LogP) is 0.222. The van der Waals surface area contributed by atoms with Gasteiger partial charge >= 0.3 is 0 Å². The van der Waals surface area contributed by atoms with Crippen molar-refractivity contribution >= 4 is 5.78 Å². The van der Waals surface area contributed by atoms with Crippen LogP contribution in [0.2, 0.25) is 0 Å². The highest BCUT2D eigenvalue weighted by molar-refractivity contribution is 5.75. The van der Waals surface area contributed by atoms with E-state index in [9.17, 15) is 9.59 Å². The summed E-state index contributed by atoms with van der Waals surface area (Å²) in [6.07, 6.45) is 1.89. The molecule has 0 unspecified atom stereocenters. The number of carbonyl (C=O) groups excluding carboxylic acids is 1. The third-order valence-electron chi connectivity index (χ3n) is 1.46. The molecule has 1 aromatic rings. The molecule has 0 amide bonds. The van der Waals surface area contributed by atoms with Crippen molar-refractivity contribution in [3.8, 4) is 0 Å². The second kappa shape index (κ2) is 3.80. The van der Waals surface area contributed by atoms with Crippen LogP contribution in [0.5, 0.6) is 0 Å². The number of hydrogen-bond acceptors (Lipinski definition) is 3. The summed E-state index contributed by atoms with van der Waals surface area (Å²) in [5.74, 6) is 0.0625. The fraction of sp³-hybridized carbons (Fsp3) is 0.375. The van der Waals surface area contributed by atoms with Gasteiger partial charge in [-0.05, 0) is 13.0 Å². The van der Waals surface area contributed by atoms with Crippen LogP contribution in [0.3, 0.4) is 0 Å². The summed E-state index contributed by atoms with van der Waals surface area (Å²) in [5, 5.41) is 3.80. The first-order valence-electron chi connectivity index (χ1n) is 3.72. The first kappa shape index (κ1) is 8.64. The molecule has 1 rings (SSSR count). The van der Waals surface area contributed by atoms with Crippen molar-refractivity contribution in [3.05, 3.63) is 28.7 Å². The summed E-state index contributed by atoms with van der Waals surface area (Å²) in [7, 11) is 0. The monoisotopic (exact) mass is 166 g/mol. The van der Waals surface area contributed by atoms with Gasteiger partial charge in [-0.2, -0.15) is 5.10 Å². The van der Waals surface area contributed by atoms with Crippen LogP contribution in [-0.4, -0.2) is 15.6 Å². The summed E-state index contributed by atoms with van der Waals surface area (Å²) >= 11 is 0. The summed E-state index contributed by atoms with van der Waals surface area (Å²) in [5.41, 5.74) is -0.168. The van der Waals surface area contributed by atoms with Gasteiger partial charge in [-0.15, -0.1) is 0 Å². The SMILES string of the molecule is CC(=O)CCn1ncccc1=O. The number of aromatic nitrogens is 2. The summed E-state index contributed by atoms with van der Waals surface area (Å²) in [6.45, 7) is 1.86. The third kappa shape index (κ3) is 2.30. The number of carbonyl (C=O) groups is 1. The fourth-order valence-corrected chi connectivity index (χ4v) is 0.819. The van der Waals surface area contributed by atoms with Crippen molar-refractivity contribution in [2.24, 2.45) is 0 Å². The Morgan fingerprint density at radius 1 is 1.67 bits per heavy atom. The molecule has 0 saturated heterocycles. The quantitative estimate of drug-likeness (QED) is 0.645. The van der Waals surface area contributed by atoms with Crippen molar-refractivity contribution in [2.75, 3.05) is 0 Å². The van der Waals surface area contributed by atoms with Crippen molar-refractivity contribution < 1.29 is 4.79 Å².